The van der Waals surface area contributed by atoms with Crippen LogP contribution in [-0.2, 0) is 0 Å². The van der Waals surface area contributed by atoms with Crippen molar-refractivity contribution >= 4 is 5.91 Å². The first-order valence-electron chi connectivity index (χ1n) is 5.76. The lowest BCUT2D eigenvalue weighted by molar-refractivity contribution is 0.0532. The van der Waals surface area contributed by atoms with Crippen molar-refractivity contribution in [3.63, 3.8) is 0 Å². The van der Waals surface area contributed by atoms with Crippen LogP contribution < -0.4 is 5.43 Å². The van der Waals surface area contributed by atoms with Crippen LogP contribution in [-0.4, -0.2) is 53.4 Å². The Morgan fingerprint density at radius 2 is 2.24 bits per heavy atom. The van der Waals surface area contributed by atoms with Gasteiger partial charge in [0.05, 0.1) is 0 Å². The van der Waals surface area contributed by atoms with E-state index in [2.05, 4.69) is 9.88 Å². The summed E-state index contributed by atoms with van der Waals surface area (Å²) < 4.78 is 0. The Kier molecular flexibility index (Phi) is 3.28. The number of nitrogens with one attached hydrogen (secondary N) is 1. The minimum Gasteiger partial charge on any atom is -0.367 e. The molecule has 1 aromatic rings. The molecule has 1 atom stereocenters. The average Bonchev–Trinajstić information content (AvgIpc) is 2.29. The van der Waals surface area contributed by atoms with Gasteiger partial charge >= 0.3 is 0 Å². The second-order valence-corrected chi connectivity index (χ2v) is 4.53. The van der Waals surface area contributed by atoms with E-state index in [-0.39, 0.29) is 22.9 Å². The summed E-state index contributed by atoms with van der Waals surface area (Å²) in [4.78, 5) is 30.6. The van der Waals surface area contributed by atoms with Gasteiger partial charge in [-0.1, -0.05) is 0 Å². The fourth-order valence-corrected chi connectivity index (χ4v) is 2.18. The molecular formula is C12H17N3O2. The number of pyridine rings is 1. The lowest BCUT2D eigenvalue weighted by Crippen LogP contribution is -2.53. The number of aromatic amines is 1. The van der Waals surface area contributed by atoms with Crippen molar-refractivity contribution in [1.82, 2.24) is 14.8 Å². The maximum absolute atomic E-state index is 12.2. The molecule has 1 aliphatic rings. The molecule has 2 heterocycles. The standard InChI is InChI=1S/C12H17N3O2/c1-9-8-14(2)5-6-15(9)12(17)10-7-13-4-3-11(10)16/h3-4,7,9H,5-6,8H2,1-2H3,(H,13,16). The average molecular weight is 235 g/mol. The molecule has 17 heavy (non-hydrogen) atoms. The Bertz CT molecular complexity index is 469. The van der Waals surface area contributed by atoms with Crippen LogP contribution in [0.2, 0.25) is 0 Å². The molecule has 0 aliphatic carbocycles. The summed E-state index contributed by atoms with van der Waals surface area (Å²) >= 11 is 0. The SMILES string of the molecule is CC1CN(C)CCN1C(=O)c1c[nH]ccc1=O. The van der Waals surface area contributed by atoms with Crippen LogP contribution in [0, 0.1) is 0 Å². The van der Waals surface area contributed by atoms with Crippen LogP contribution in [0.5, 0.6) is 0 Å². The second-order valence-electron chi connectivity index (χ2n) is 4.53. The van der Waals surface area contributed by atoms with Crippen LogP contribution in [0.4, 0.5) is 0 Å². The van der Waals surface area contributed by atoms with Crippen molar-refractivity contribution < 1.29 is 4.79 Å². The van der Waals surface area contributed by atoms with Crippen LogP contribution >= 0.6 is 0 Å². The summed E-state index contributed by atoms with van der Waals surface area (Å²) in [5.41, 5.74) is 0.00350. The van der Waals surface area contributed by atoms with E-state index in [4.69, 9.17) is 0 Å². The summed E-state index contributed by atoms with van der Waals surface area (Å²) in [6.45, 7) is 4.37. The Labute approximate surface area is 100 Å². The molecule has 1 amide bonds. The fraction of sp³-hybridized carbons (Fsp3) is 0.500. The minimum absolute atomic E-state index is 0.140. The summed E-state index contributed by atoms with van der Waals surface area (Å²) in [5.74, 6) is -0.174. The summed E-state index contributed by atoms with van der Waals surface area (Å²) in [5, 5.41) is 0. The summed E-state index contributed by atoms with van der Waals surface area (Å²) in [6.07, 6.45) is 3.02. The number of aromatic nitrogens is 1. The van der Waals surface area contributed by atoms with Gasteiger partial charge in [0, 0.05) is 44.1 Å². The summed E-state index contributed by atoms with van der Waals surface area (Å²) in [6, 6.07) is 1.52. The highest BCUT2D eigenvalue weighted by molar-refractivity contribution is 5.94. The third kappa shape index (κ3) is 2.39. The molecule has 5 nitrogen and oxygen atoms in total. The third-order valence-corrected chi connectivity index (χ3v) is 3.15. The van der Waals surface area contributed by atoms with E-state index in [0.717, 1.165) is 13.1 Å². The number of rotatable bonds is 1. The Morgan fingerprint density at radius 1 is 1.47 bits per heavy atom. The number of hydrogen-bond acceptors (Lipinski definition) is 3. The van der Waals surface area contributed by atoms with E-state index in [0.29, 0.717) is 6.54 Å². The molecule has 0 bridgehead atoms. The maximum atomic E-state index is 12.2. The molecular weight excluding hydrogens is 218 g/mol. The number of nitrogens with zero attached hydrogens (tertiary/aromatic N) is 2. The van der Waals surface area contributed by atoms with Crippen molar-refractivity contribution in [3.8, 4) is 0 Å². The van der Waals surface area contributed by atoms with Gasteiger partial charge in [0.2, 0.25) is 0 Å². The lowest BCUT2D eigenvalue weighted by atomic mass is 10.1. The van der Waals surface area contributed by atoms with Gasteiger partial charge in [-0.2, -0.15) is 0 Å². The fourth-order valence-electron chi connectivity index (χ4n) is 2.18. The Balaban J connectivity index is 2.21. The highest BCUT2D eigenvalue weighted by atomic mass is 16.2. The van der Waals surface area contributed by atoms with Crippen molar-refractivity contribution in [1.29, 1.82) is 0 Å². The van der Waals surface area contributed by atoms with Gasteiger partial charge in [-0.15, -0.1) is 0 Å². The van der Waals surface area contributed by atoms with E-state index >= 15 is 0 Å². The van der Waals surface area contributed by atoms with Gasteiger partial charge in [-0.05, 0) is 14.0 Å². The van der Waals surface area contributed by atoms with E-state index in [1.54, 1.807) is 4.90 Å². The highest BCUT2D eigenvalue weighted by Crippen LogP contribution is 2.10. The van der Waals surface area contributed by atoms with Crippen molar-refractivity contribution in [2.75, 3.05) is 26.7 Å². The summed E-state index contributed by atoms with van der Waals surface area (Å²) in [7, 11) is 2.04. The van der Waals surface area contributed by atoms with Crippen LogP contribution in [0.25, 0.3) is 0 Å². The zero-order valence-corrected chi connectivity index (χ0v) is 10.1. The molecule has 0 saturated carbocycles. The minimum atomic E-state index is -0.222. The topological polar surface area (TPSA) is 56.4 Å². The number of likely N-dealkylation sites (N-methyl/N-ethyl adjacent to an activating group) is 1. The van der Waals surface area contributed by atoms with E-state index in [1.807, 2.05) is 14.0 Å². The lowest BCUT2D eigenvalue weighted by Gasteiger charge is -2.38. The molecule has 5 heteroatoms. The van der Waals surface area contributed by atoms with Gasteiger partial charge < -0.3 is 14.8 Å². The number of amides is 1. The van der Waals surface area contributed by atoms with Crippen LogP contribution in [0.15, 0.2) is 23.3 Å². The predicted octanol–water partition coefficient (Wildman–Crippen LogP) is 0.151. The van der Waals surface area contributed by atoms with E-state index in [1.165, 1.54) is 18.5 Å². The first-order chi connectivity index (χ1) is 8.09. The predicted molar refractivity (Wildman–Crippen MR) is 65.1 cm³/mol. The first-order valence-corrected chi connectivity index (χ1v) is 5.76. The molecule has 1 aliphatic heterocycles. The van der Waals surface area contributed by atoms with Crippen molar-refractivity contribution in [2.45, 2.75) is 13.0 Å². The molecule has 92 valence electrons. The Morgan fingerprint density at radius 3 is 2.88 bits per heavy atom. The van der Waals surface area contributed by atoms with Gasteiger partial charge in [0.15, 0.2) is 5.43 Å². The molecule has 2 rings (SSSR count). The first kappa shape index (κ1) is 11.9. The number of carbonyl (C=O) groups is 1. The monoisotopic (exact) mass is 235 g/mol. The second kappa shape index (κ2) is 4.71. The number of hydrogen-bond donors (Lipinski definition) is 1. The molecule has 1 N–H and O–H groups in total. The number of piperazine rings is 1. The number of H-pyrrole nitrogens is 1. The van der Waals surface area contributed by atoms with Gasteiger partial charge in [-0.3, -0.25) is 9.59 Å². The van der Waals surface area contributed by atoms with Gasteiger partial charge in [-0.25, -0.2) is 0 Å². The molecule has 0 aromatic carbocycles. The smallest absolute Gasteiger partial charge is 0.259 e. The van der Waals surface area contributed by atoms with E-state index < -0.39 is 0 Å². The third-order valence-electron chi connectivity index (χ3n) is 3.15. The van der Waals surface area contributed by atoms with Crippen LogP contribution in [0.1, 0.15) is 17.3 Å². The van der Waals surface area contributed by atoms with Crippen molar-refractivity contribution in [3.05, 3.63) is 34.2 Å². The number of carbonyl (C=O) groups excluding carboxylic acids is 1. The molecule has 0 spiro atoms. The highest BCUT2D eigenvalue weighted by Gasteiger charge is 2.27. The normalized spacial score (nSPS) is 21.5. The Hall–Kier alpha value is -1.62. The van der Waals surface area contributed by atoms with Crippen molar-refractivity contribution in [2.24, 2.45) is 0 Å². The van der Waals surface area contributed by atoms with Gasteiger partial charge in [0.25, 0.3) is 5.91 Å². The molecule has 1 fully saturated rings. The molecule has 1 unspecified atom stereocenters. The largest absolute Gasteiger partial charge is 0.367 e. The zero-order chi connectivity index (χ0) is 12.4. The zero-order valence-electron chi connectivity index (χ0n) is 10.1. The van der Waals surface area contributed by atoms with E-state index in [9.17, 15) is 9.59 Å². The molecule has 0 radical (unpaired) electrons. The molecule has 1 saturated heterocycles. The van der Waals surface area contributed by atoms with Crippen LogP contribution in [0.3, 0.4) is 0 Å². The maximum Gasteiger partial charge on any atom is 0.259 e. The molecule has 1 aromatic heterocycles. The van der Waals surface area contributed by atoms with Gasteiger partial charge in [0.1, 0.15) is 5.56 Å². The quantitative estimate of drug-likeness (QED) is 0.754.